The van der Waals surface area contributed by atoms with E-state index in [4.69, 9.17) is 4.74 Å². The summed E-state index contributed by atoms with van der Waals surface area (Å²) < 4.78 is 5.16. The van der Waals surface area contributed by atoms with Gasteiger partial charge in [0, 0.05) is 19.0 Å². The van der Waals surface area contributed by atoms with Crippen LogP contribution in [0.15, 0.2) is 35.7 Å². The van der Waals surface area contributed by atoms with Crippen LogP contribution in [0.25, 0.3) is 0 Å². The number of benzene rings is 1. The van der Waals surface area contributed by atoms with Gasteiger partial charge in [-0.25, -0.2) is 4.98 Å². The highest BCUT2D eigenvalue weighted by Gasteiger charge is 2.12. The summed E-state index contributed by atoms with van der Waals surface area (Å²) >= 11 is 1.45. The summed E-state index contributed by atoms with van der Waals surface area (Å²) in [5.41, 5.74) is 2.25. The highest BCUT2D eigenvalue weighted by atomic mass is 32.1. The van der Waals surface area contributed by atoms with E-state index in [1.807, 2.05) is 18.4 Å². The molecule has 1 amide bonds. The van der Waals surface area contributed by atoms with Crippen LogP contribution in [0.2, 0.25) is 0 Å². The normalized spacial score (nSPS) is 11.0. The van der Waals surface area contributed by atoms with Gasteiger partial charge in [0.25, 0.3) is 0 Å². The van der Waals surface area contributed by atoms with Crippen molar-refractivity contribution in [2.45, 2.75) is 19.8 Å². The molecule has 0 aliphatic rings. The quantitative estimate of drug-likeness (QED) is 0.718. The van der Waals surface area contributed by atoms with Crippen molar-refractivity contribution in [3.8, 4) is 0 Å². The zero-order chi connectivity index (χ0) is 17.2. The third kappa shape index (κ3) is 6.78. The summed E-state index contributed by atoms with van der Waals surface area (Å²) in [7, 11) is 1.68. The SMILES string of the molecule is COCCN(CCCc1ccccc1)CC(=O)Nc1nc(C)cs1. The Labute approximate surface area is 147 Å². The topological polar surface area (TPSA) is 54.5 Å². The number of aryl methyl sites for hydroxylation is 2. The molecule has 2 aromatic rings. The number of hydrogen-bond donors (Lipinski definition) is 1. The van der Waals surface area contributed by atoms with Crippen molar-refractivity contribution in [1.29, 1.82) is 0 Å². The summed E-state index contributed by atoms with van der Waals surface area (Å²) in [6, 6.07) is 10.4. The van der Waals surface area contributed by atoms with E-state index in [-0.39, 0.29) is 5.91 Å². The lowest BCUT2D eigenvalue weighted by Crippen LogP contribution is -2.36. The van der Waals surface area contributed by atoms with E-state index in [2.05, 4.69) is 39.5 Å². The first-order valence-electron chi connectivity index (χ1n) is 8.14. The molecule has 1 N–H and O–H groups in total. The van der Waals surface area contributed by atoms with Crippen molar-refractivity contribution in [3.05, 3.63) is 47.0 Å². The van der Waals surface area contributed by atoms with E-state index in [0.29, 0.717) is 18.3 Å². The molecule has 0 atom stereocenters. The number of nitrogens with one attached hydrogen (secondary N) is 1. The van der Waals surface area contributed by atoms with E-state index in [1.54, 1.807) is 7.11 Å². The summed E-state index contributed by atoms with van der Waals surface area (Å²) in [6.45, 7) is 4.50. The van der Waals surface area contributed by atoms with E-state index < -0.39 is 0 Å². The molecule has 5 nitrogen and oxygen atoms in total. The third-order valence-electron chi connectivity index (χ3n) is 3.63. The van der Waals surface area contributed by atoms with Gasteiger partial charge in [-0.2, -0.15) is 0 Å². The molecule has 24 heavy (non-hydrogen) atoms. The molecule has 130 valence electrons. The Kier molecular flexibility index (Phi) is 7.88. The van der Waals surface area contributed by atoms with Crippen molar-refractivity contribution >= 4 is 22.4 Å². The second kappa shape index (κ2) is 10.2. The second-order valence-corrected chi connectivity index (χ2v) is 6.56. The second-order valence-electron chi connectivity index (χ2n) is 5.70. The van der Waals surface area contributed by atoms with Crippen molar-refractivity contribution in [2.24, 2.45) is 0 Å². The largest absolute Gasteiger partial charge is 0.383 e. The Hall–Kier alpha value is -1.76. The van der Waals surface area contributed by atoms with E-state index >= 15 is 0 Å². The predicted octanol–water partition coefficient (Wildman–Crippen LogP) is 2.97. The molecule has 2 rings (SSSR count). The number of hydrogen-bond acceptors (Lipinski definition) is 5. The molecule has 1 aromatic heterocycles. The fourth-order valence-electron chi connectivity index (χ4n) is 2.42. The lowest BCUT2D eigenvalue weighted by Gasteiger charge is -2.21. The zero-order valence-electron chi connectivity index (χ0n) is 14.3. The van der Waals surface area contributed by atoms with Crippen molar-refractivity contribution in [1.82, 2.24) is 9.88 Å². The van der Waals surface area contributed by atoms with Gasteiger partial charge in [0.15, 0.2) is 5.13 Å². The molecule has 0 saturated heterocycles. The molecule has 0 saturated carbocycles. The predicted molar refractivity (Wildman–Crippen MR) is 98.6 cm³/mol. The first-order chi connectivity index (χ1) is 11.7. The highest BCUT2D eigenvalue weighted by molar-refractivity contribution is 7.13. The Morgan fingerprint density at radius 2 is 2.08 bits per heavy atom. The van der Waals surface area contributed by atoms with Crippen LogP contribution >= 0.6 is 11.3 Å². The van der Waals surface area contributed by atoms with Crippen molar-refractivity contribution < 1.29 is 9.53 Å². The monoisotopic (exact) mass is 347 g/mol. The average Bonchev–Trinajstić information content (AvgIpc) is 2.98. The first kappa shape index (κ1) is 18.6. The molecule has 1 heterocycles. The number of rotatable bonds is 10. The Balaban J connectivity index is 1.79. The van der Waals surface area contributed by atoms with E-state index in [9.17, 15) is 4.79 Å². The lowest BCUT2D eigenvalue weighted by molar-refractivity contribution is -0.117. The molecule has 0 aliphatic heterocycles. The van der Waals surface area contributed by atoms with Gasteiger partial charge >= 0.3 is 0 Å². The summed E-state index contributed by atoms with van der Waals surface area (Å²) in [5.74, 6) is -0.0276. The molecule has 0 unspecified atom stereocenters. The van der Waals surface area contributed by atoms with Crippen LogP contribution in [0.3, 0.4) is 0 Å². The number of carbonyl (C=O) groups is 1. The molecular weight excluding hydrogens is 322 g/mol. The minimum absolute atomic E-state index is 0.0276. The Bertz CT molecular complexity index is 616. The number of aromatic nitrogens is 1. The number of carbonyl (C=O) groups excluding carboxylic acids is 1. The molecule has 0 spiro atoms. The number of nitrogens with zero attached hydrogens (tertiary/aromatic N) is 2. The molecule has 1 aromatic carbocycles. The maximum absolute atomic E-state index is 12.2. The zero-order valence-corrected chi connectivity index (χ0v) is 15.1. The Morgan fingerprint density at radius 3 is 2.75 bits per heavy atom. The number of thiazole rings is 1. The first-order valence-corrected chi connectivity index (χ1v) is 9.02. The molecule has 6 heteroatoms. The average molecular weight is 347 g/mol. The number of amides is 1. The van der Waals surface area contributed by atoms with Crippen LogP contribution in [0, 0.1) is 6.92 Å². The minimum atomic E-state index is -0.0276. The molecular formula is C18H25N3O2S. The van der Waals surface area contributed by atoms with Gasteiger partial charge in [-0.1, -0.05) is 30.3 Å². The van der Waals surface area contributed by atoms with E-state index in [1.165, 1.54) is 16.9 Å². The van der Waals surface area contributed by atoms with Crippen LogP contribution in [-0.4, -0.2) is 49.1 Å². The van der Waals surface area contributed by atoms with Crippen LogP contribution in [0.4, 0.5) is 5.13 Å². The van der Waals surface area contributed by atoms with E-state index in [0.717, 1.165) is 31.6 Å². The van der Waals surface area contributed by atoms with Gasteiger partial charge in [0.1, 0.15) is 0 Å². The lowest BCUT2D eigenvalue weighted by atomic mass is 10.1. The van der Waals surface area contributed by atoms with Crippen LogP contribution < -0.4 is 5.32 Å². The summed E-state index contributed by atoms with van der Waals surface area (Å²) in [4.78, 5) is 18.6. The minimum Gasteiger partial charge on any atom is -0.383 e. The molecule has 0 radical (unpaired) electrons. The highest BCUT2D eigenvalue weighted by Crippen LogP contribution is 2.14. The number of ether oxygens (including phenoxy) is 1. The fourth-order valence-corrected chi connectivity index (χ4v) is 3.12. The van der Waals surface area contributed by atoms with Gasteiger partial charge in [0.2, 0.25) is 5.91 Å². The molecule has 0 bridgehead atoms. The van der Waals surface area contributed by atoms with Crippen molar-refractivity contribution in [3.63, 3.8) is 0 Å². The smallest absolute Gasteiger partial charge is 0.240 e. The van der Waals surface area contributed by atoms with Gasteiger partial charge < -0.3 is 10.1 Å². The van der Waals surface area contributed by atoms with Gasteiger partial charge in [-0.15, -0.1) is 11.3 Å². The van der Waals surface area contributed by atoms with Crippen LogP contribution in [0.1, 0.15) is 17.7 Å². The van der Waals surface area contributed by atoms with Gasteiger partial charge in [-0.3, -0.25) is 9.69 Å². The maximum atomic E-state index is 12.2. The van der Waals surface area contributed by atoms with Gasteiger partial charge in [0.05, 0.1) is 18.8 Å². The third-order valence-corrected chi connectivity index (χ3v) is 4.50. The van der Waals surface area contributed by atoms with Gasteiger partial charge in [-0.05, 0) is 31.9 Å². The molecule has 0 fully saturated rings. The summed E-state index contributed by atoms with van der Waals surface area (Å²) in [6.07, 6.45) is 2.02. The number of methoxy groups -OCH3 is 1. The summed E-state index contributed by atoms with van der Waals surface area (Å²) in [5, 5.41) is 5.45. The number of anilines is 1. The van der Waals surface area contributed by atoms with Crippen LogP contribution in [0.5, 0.6) is 0 Å². The van der Waals surface area contributed by atoms with Crippen LogP contribution in [-0.2, 0) is 16.0 Å². The fraction of sp³-hybridized carbons (Fsp3) is 0.444. The molecule has 0 aliphatic carbocycles. The maximum Gasteiger partial charge on any atom is 0.240 e. The standard InChI is InChI=1S/C18H25N3O2S/c1-15-14-24-18(19-15)20-17(22)13-21(11-12-23-2)10-6-9-16-7-4-3-5-8-16/h3-5,7-8,14H,6,9-13H2,1-2H3,(H,19,20,22). The van der Waals surface area contributed by atoms with Crippen molar-refractivity contribution in [2.75, 3.05) is 38.7 Å². The Morgan fingerprint density at radius 1 is 1.29 bits per heavy atom.